The summed E-state index contributed by atoms with van der Waals surface area (Å²) in [6, 6.07) is 5.78. The van der Waals surface area contributed by atoms with Gasteiger partial charge in [-0.2, -0.15) is 0 Å². The van der Waals surface area contributed by atoms with Gasteiger partial charge in [0.15, 0.2) is 0 Å². The summed E-state index contributed by atoms with van der Waals surface area (Å²) in [7, 11) is 0. The van der Waals surface area contributed by atoms with Crippen LogP contribution in [0.1, 0.15) is 27.2 Å². The van der Waals surface area contributed by atoms with Crippen LogP contribution in [0, 0.1) is 17.8 Å². The minimum atomic E-state index is -1.40. The molecule has 0 bridgehead atoms. The molecule has 2 saturated heterocycles. The second kappa shape index (κ2) is 9.27. The third-order valence-corrected chi connectivity index (χ3v) is 8.41. The van der Waals surface area contributed by atoms with E-state index in [0.29, 0.717) is 11.9 Å². The summed E-state index contributed by atoms with van der Waals surface area (Å²) in [5.74, 6) is -3.01. The van der Waals surface area contributed by atoms with E-state index in [0.717, 1.165) is 5.52 Å². The number of fused-ring (bicyclic) bond motifs is 3. The number of aromatic nitrogens is 3. The number of carbonyl (C=O) groups is 3. The molecule has 4 aliphatic rings. The summed E-state index contributed by atoms with van der Waals surface area (Å²) in [5, 5.41) is 18.9. The first-order valence-corrected chi connectivity index (χ1v) is 13.4. The number of aliphatic hydroxyl groups is 1. The fourth-order valence-corrected chi connectivity index (χ4v) is 6.87. The molecule has 1 aromatic heterocycles. The summed E-state index contributed by atoms with van der Waals surface area (Å²) in [5.41, 5.74) is -1.05. The van der Waals surface area contributed by atoms with Crippen molar-refractivity contribution < 1.29 is 29.0 Å². The SMILES string of the molecule is CC(C)C[C@H](CO)N1C(=O)[C@@H]2[C@H]3C(=O)OCC=C[C@@]3(C)O[C@@]23C=CCN(Cn2nnc4ccccc42)C(=O)C13. The number of esters is 1. The van der Waals surface area contributed by atoms with Gasteiger partial charge in [0.1, 0.15) is 36.4 Å². The first kappa shape index (κ1) is 25.7. The second-order valence-corrected chi connectivity index (χ2v) is 11.4. The smallest absolute Gasteiger partial charge is 0.313 e. The standard InChI is InChI=1S/C28H33N5O6/c1-17(2)14-18(15-34)33-23-25(36)31(16-32-20-9-5-4-8-19(20)29-30-32)12-6-11-28(23)21(24(33)35)22-26(37)38-13-7-10-27(22,3)39-28/h4-11,17-18,21-23,34H,12-16H2,1-3H3/t18-,21+,22+,23?,27-,28+/m1/s1. The molecule has 1 spiro atoms. The Labute approximate surface area is 226 Å². The predicted octanol–water partition coefficient (Wildman–Crippen LogP) is 1.28. The van der Waals surface area contributed by atoms with E-state index in [2.05, 4.69) is 10.3 Å². The maximum Gasteiger partial charge on any atom is 0.313 e. The van der Waals surface area contributed by atoms with Gasteiger partial charge in [-0.1, -0.05) is 49.4 Å². The molecule has 206 valence electrons. The molecule has 2 fully saturated rings. The summed E-state index contributed by atoms with van der Waals surface area (Å²) in [4.78, 5) is 45.1. The van der Waals surface area contributed by atoms with E-state index >= 15 is 0 Å². The zero-order chi connectivity index (χ0) is 27.5. The second-order valence-electron chi connectivity index (χ2n) is 11.4. The Hall–Kier alpha value is -3.57. The Morgan fingerprint density at radius 2 is 1.90 bits per heavy atom. The molecule has 39 heavy (non-hydrogen) atoms. The zero-order valence-electron chi connectivity index (χ0n) is 22.3. The maximum absolute atomic E-state index is 14.5. The molecule has 1 unspecified atom stereocenters. The number of rotatable bonds is 6. The van der Waals surface area contributed by atoms with Crippen LogP contribution in [0.15, 0.2) is 48.6 Å². The Kier molecular flexibility index (Phi) is 6.11. The Bertz CT molecular complexity index is 1390. The highest BCUT2D eigenvalue weighted by atomic mass is 16.6. The molecule has 4 aliphatic heterocycles. The normalized spacial score (nSPS) is 32.7. The van der Waals surface area contributed by atoms with Gasteiger partial charge in [-0.15, -0.1) is 5.10 Å². The van der Waals surface area contributed by atoms with Crippen LogP contribution in [0.4, 0.5) is 0 Å². The molecular weight excluding hydrogens is 502 g/mol. The van der Waals surface area contributed by atoms with Gasteiger partial charge in [0.2, 0.25) is 5.91 Å². The van der Waals surface area contributed by atoms with Gasteiger partial charge in [0.25, 0.3) is 5.91 Å². The number of ether oxygens (including phenoxy) is 2. The van der Waals surface area contributed by atoms with Gasteiger partial charge < -0.3 is 24.4 Å². The molecule has 2 aromatic rings. The Morgan fingerprint density at radius 3 is 2.67 bits per heavy atom. The Morgan fingerprint density at radius 1 is 1.10 bits per heavy atom. The Balaban J connectivity index is 1.45. The van der Waals surface area contributed by atoms with E-state index in [4.69, 9.17) is 9.47 Å². The van der Waals surface area contributed by atoms with Crippen molar-refractivity contribution >= 4 is 28.8 Å². The number of para-hydroxylation sites is 1. The van der Waals surface area contributed by atoms with Gasteiger partial charge in [-0.25, -0.2) is 4.68 Å². The molecule has 1 aromatic carbocycles. The number of hydrogen-bond acceptors (Lipinski definition) is 8. The number of nitrogens with zero attached hydrogens (tertiary/aromatic N) is 5. The molecule has 11 heteroatoms. The highest BCUT2D eigenvalue weighted by Crippen LogP contribution is 2.57. The van der Waals surface area contributed by atoms with Gasteiger partial charge in [0.05, 0.1) is 29.7 Å². The van der Waals surface area contributed by atoms with Crippen LogP contribution in [0.5, 0.6) is 0 Å². The van der Waals surface area contributed by atoms with Crippen LogP contribution in [0.3, 0.4) is 0 Å². The summed E-state index contributed by atoms with van der Waals surface area (Å²) < 4.78 is 13.8. The van der Waals surface area contributed by atoms with Gasteiger partial charge in [-0.3, -0.25) is 14.4 Å². The first-order chi connectivity index (χ1) is 18.7. The quantitative estimate of drug-likeness (QED) is 0.433. The number of hydrogen-bond donors (Lipinski definition) is 1. The minimum absolute atomic E-state index is 0.0936. The fraction of sp³-hybridized carbons (Fsp3) is 0.536. The lowest BCUT2D eigenvalue weighted by Gasteiger charge is -2.40. The van der Waals surface area contributed by atoms with E-state index in [-0.39, 0.29) is 44.2 Å². The molecule has 0 aliphatic carbocycles. The van der Waals surface area contributed by atoms with Crippen molar-refractivity contribution in [2.45, 2.75) is 57.1 Å². The van der Waals surface area contributed by atoms with Crippen molar-refractivity contribution in [1.29, 1.82) is 0 Å². The molecule has 6 rings (SSSR count). The van der Waals surface area contributed by atoms with E-state index in [1.807, 2.05) is 44.2 Å². The average Bonchev–Trinajstić information content (AvgIpc) is 3.43. The van der Waals surface area contributed by atoms with Crippen molar-refractivity contribution in [3.63, 3.8) is 0 Å². The highest BCUT2D eigenvalue weighted by molar-refractivity contribution is 5.99. The average molecular weight is 536 g/mol. The molecule has 2 amide bonds. The van der Waals surface area contributed by atoms with Crippen LogP contribution in [0.25, 0.3) is 11.0 Å². The summed E-state index contributed by atoms with van der Waals surface area (Å²) >= 11 is 0. The zero-order valence-corrected chi connectivity index (χ0v) is 22.3. The molecule has 11 nitrogen and oxygen atoms in total. The largest absolute Gasteiger partial charge is 0.461 e. The van der Waals surface area contributed by atoms with E-state index in [9.17, 15) is 19.5 Å². The number of aliphatic hydroxyl groups excluding tert-OH is 1. The highest BCUT2D eigenvalue weighted by Gasteiger charge is 2.75. The molecule has 0 radical (unpaired) electrons. The van der Waals surface area contributed by atoms with Crippen molar-refractivity contribution in [2.75, 3.05) is 19.8 Å². The molecule has 5 heterocycles. The molecule has 1 N–H and O–H groups in total. The lowest BCUT2D eigenvalue weighted by Crippen LogP contribution is -2.59. The lowest BCUT2D eigenvalue weighted by atomic mass is 9.75. The van der Waals surface area contributed by atoms with E-state index in [1.54, 1.807) is 34.7 Å². The number of cyclic esters (lactones) is 1. The van der Waals surface area contributed by atoms with Crippen LogP contribution in [-0.4, -0.2) is 90.7 Å². The molecular formula is C28H33N5O6. The van der Waals surface area contributed by atoms with Crippen LogP contribution in [-0.2, 0) is 30.5 Å². The summed E-state index contributed by atoms with van der Waals surface area (Å²) in [6.45, 7) is 5.90. The van der Waals surface area contributed by atoms with Crippen molar-refractivity contribution in [2.24, 2.45) is 17.8 Å². The first-order valence-electron chi connectivity index (χ1n) is 13.4. The lowest BCUT2D eigenvalue weighted by molar-refractivity contribution is -0.160. The van der Waals surface area contributed by atoms with Gasteiger partial charge >= 0.3 is 5.97 Å². The molecule has 6 atom stereocenters. The van der Waals surface area contributed by atoms with Crippen LogP contribution < -0.4 is 0 Å². The molecule has 0 saturated carbocycles. The number of likely N-dealkylation sites (tertiary alicyclic amines) is 1. The number of benzene rings is 1. The van der Waals surface area contributed by atoms with Crippen molar-refractivity contribution in [1.82, 2.24) is 24.8 Å². The minimum Gasteiger partial charge on any atom is -0.461 e. The fourth-order valence-electron chi connectivity index (χ4n) is 6.87. The number of carbonyl (C=O) groups excluding carboxylic acids is 3. The predicted molar refractivity (Wildman–Crippen MR) is 139 cm³/mol. The van der Waals surface area contributed by atoms with E-state index < -0.39 is 41.1 Å². The maximum atomic E-state index is 14.5. The van der Waals surface area contributed by atoms with Crippen molar-refractivity contribution in [3.05, 3.63) is 48.6 Å². The monoisotopic (exact) mass is 535 g/mol. The number of amides is 2. The van der Waals surface area contributed by atoms with Crippen molar-refractivity contribution in [3.8, 4) is 0 Å². The topological polar surface area (TPSA) is 127 Å². The third kappa shape index (κ3) is 3.81. The van der Waals surface area contributed by atoms with Gasteiger partial charge in [0, 0.05) is 6.54 Å². The van der Waals surface area contributed by atoms with E-state index in [1.165, 1.54) is 4.90 Å². The van der Waals surface area contributed by atoms with Crippen LogP contribution >= 0.6 is 0 Å². The summed E-state index contributed by atoms with van der Waals surface area (Å²) in [6.07, 6.45) is 7.57. The van der Waals surface area contributed by atoms with Gasteiger partial charge in [-0.05, 0) is 37.5 Å². The van der Waals surface area contributed by atoms with Crippen LogP contribution in [0.2, 0.25) is 0 Å². The third-order valence-electron chi connectivity index (χ3n) is 8.41.